The van der Waals surface area contributed by atoms with Gasteiger partial charge >= 0.3 is 0 Å². The molecule has 6 heteroatoms. The maximum atomic E-state index is 12.2. The van der Waals surface area contributed by atoms with E-state index in [1.165, 1.54) is 0 Å². The van der Waals surface area contributed by atoms with Crippen molar-refractivity contribution in [3.63, 3.8) is 0 Å². The molecule has 0 amide bonds. The standard InChI is InChI=1S/C13H21N3O2S/c1-2-15-19(17,18)13-7-4-3-6-12(13)16-10-5-8-14-9-11-16/h3-4,6-7,14-15H,2,5,8-11H2,1H3. The molecule has 1 fully saturated rings. The Morgan fingerprint density at radius 3 is 2.84 bits per heavy atom. The molecule has 5 nitrogen and oxygen atoms in total. The smallest absolute Gasteiger partial charge is 0.242 e. The molecule has 106 valence electrons. The molecule has 1 aliphatic heterocycles. The molecule has 1 saturated heterocycles. The van der Waals surface area contributed by atoms with Crippen LogP contribution in [0.4, 0.5) is 5.69 Å². The molecule has 0 aromatic heterocycles. The lowest BCUT2D eigenvalue weighted by molar-refractivity contribution is 0.583. The molecule has 0 aliphatic carbocycles. The minimum atomic E-state index is -3.41. The summed E-state index contributed by atoms with van der Waals surface area (Å²) < 4.78 is 27.0. The van der Waals surface area contributed by atoms with Crippen LogP contribution in [0, 0.1) is 0 Å². The summed E-state index contributed by atoms with van der Waals surface area (Å²) >= 11 is 0. The Kier molecular flexibility index (Phi) is 4.79. The first kappa shape index (κ1) is 14.3. The number of para-hydroxylation sites is 1. The van der Waals surface area contributed by atoms with E-state index in [-0.39, 0.29) is 0 Å². The second-order valence-electron chi connectivity index (χ2n) is 4.56. The summed E-state index contributed by atoms with van der Waals surface area (Å²) in [6.45, 7) is 5.77. The van der Waals surface area contributed by atoms with Gasteiger partial charge in [-0.05, 0) is 25.1 Å². The van der Waals surface area contributed by atoms with Crippen molar-refractivity contribution in [1.82, 2.24) is 10.0 Å². The fraction of sp³-hybridized carbons (Fsp3) is 0.538. The van der Waals surface area contributed by atoms with Crippen LogP contribution in [0.2, 0.25) is 0 Å². The average Bonchev–Trinajstić information content (AvgIpc) is 2.67. The highest BCUT2D eigenvalue weighted by atomic mass is 32.2. The van der Waals surface area contributed by atoms with Crippen LogP contribution in [-0.2, 0) is 10.0 Å². The topological polar surface area (TPSA) is 61.4 Å². The highest BCUT2D eigenvalue weighted by molar-refractivity contribution is 7.89. The van der Waals surface area contributed by atoms with E-state index in [0.717, 1.165) is 38.3 Å². The molecule has 2 rings (SSSR count). The summed E-state index contributed by atoms with van der Waals surface area (Å²) in [5, 5.41) is 3.32. The first-order chi connectivity index (χ1) is 9.15. The van der Waals surface area contributed by atoms with Crippen LogP contribution in [-0.4, -0.2) is 41.1 Å². The Bertz CT molecular complexity index is 508. The fourth-order valence-corrected chi connectivity index (χ4v) is 3.57. The Morgan fingerprint density at radius 2 is 2.05 bits per heavy atom. The van der Waals surface area contributed by atoms with Crippen molar-refractivity contribution in [2.24, 2.45) is 0 Å². The normalized spacial score (nSPS) is 17.2. The van der Waals surface area contributed by atoms with Gasteiger partial charge in [-0.25, -0.2) is 13.1 Å². The van der Waals surface area contributed by atoms with Crippen LogP contribution in [0.25, 0.3) is 0 Å². The number of anilines is 1. The number of hydrogen-bond donors (Lipinski definition) is 2. The van der Waals surface area contributed by atoms with Crippen molar-refractivity contribution < 1.29 is 8.42 Å². The molecule has 0 spiro atoms. The van der Waals surface area contributed by atoms with Gasteiger partial charge in [-0.3, -0.25) is 0 Å². The third-order valence-electron chi connectivity index (χ3n) is 3.17. The predicted molar refractivity (Wildman–Crippen MR) is 77.0 cm³/mol. The molecule has 2 N–H and O–H groups in total. The van der Waals surface area contributed by atoms with Gasteiger partial charge < -0.3 is 10.2 Å². The van der Waals surface area contributed by atoms with E-state index in [1.807, 2.05) is 12.1 Å². The lowest BCUT2D eigenvalue weighted by Crippen LogP contribution is -2.31. The zero-order chi connectivity index (χ0) is 13.7. The molecule has 0 unspecified atom stereocenters. The van der Waals surface area contributed by atoms with E-state index in [4.69, 9.17) is 0 Å². The van der Waals surface area contributed by atoms with Crippen molar-refractivity contribution in [1.29, 1.82) is 0 Å². The van der Waals surface area contributed by atoms with Crippen LogP contribution in [0.3, 0.4) is 0 Å². The number of nitrogens with zero attached hydrogens (tertiary/aromatic N) is 1. The lowest BCUT2D eigenvalue weighted by Gasteiger charge is -2.24. The van der Waals surface area contributed by atoms with Gasteiger partial charge in [-0.2, -0.15) is 0 Å². The van der Waals surface area contributed by atoms with E-state index in [1.54, 1.807) is 19.1 Å². The quantitative estimate of drug-likeness (QED) is 0.857. The maximum absolute atomic E-state index is 12.2. The highest BCUT2D eigenvalue weighted by Crippen LogP contribution is 2.25. The molecular weight excluding hydrogens is 262 g/mol. The van der Waals surface area contributed by atoms with Crippen LogP contribution in [0.5, 0.6) is 0 Å². The summed E-state index contributed by atoms with van der Waals surface area (Å²) in [5.74, 6) is 0. The molecule has 0 radical (unpaired) electrons. The van der Waals surface area contributed by atoms with Gasteiger partial charge in [0.1, 0.15) is 4.90 Å². The van der Waals surface area contributed by atoms with Crippen molar-refractivity contribution in [2.75, 3.05) is 37.6 Å². The molecule has 1 aliphatic rings. The monoisotopic (exact) mass is 283 g/mol. The lowest BCUT2D eigenvalue weighted by atomic mass is 10.2. The number of nitrogens with one attached hydrogen (secondary N) is 2. The second kappa shape index (κ2) is 6.36. The summed E-state index contributed by atoms with van der Waals surface area (Å²) in [5.41, 5.74) is 0.798. The first-order valence-electron chi connectivity index (χ1n) is 6.69. The largest absolute Gasteiger partial charge is 0.369 e. The fourth-order valence-electron chi connectivity index (χ4n) is 2.30. The van der Waals surface area contributed by atoms with Gasteiger partial charge in [0.2, 0.25) is 10.0 Å². The van der Waals surface area contributed by atoms with Gasteiger partial charge in [0.05, 0.1) is 5.69 Å². The third-order valence-corrected chi connectivity index (χ3v) is 4.76. The molecular formula is C13H21N3O2S. The van der Waals surface area contributed by atoms with Gasteiger partial charge in [0.25, 0.3) is 0 Å². The summed E-state index contributed by atoms with van der Waals surface area (Å²) in [4.78, 5) is 2.52. The molecule has 0 bridgehead atoms. The number of hydrogen-bond acceptors (Lipinski definition) is 4. The number of benzene rings is 1. The zero-order valence-corrected chi connectivity index (χ0v) is 12.0. The van der Waals surface area contributed by atoms with Crippen molar-refractivity contribution in [3.8, 4) is 0 Å². The summed E-state index contributed by atoms with van der Waals surface area (Å²) in [6, 6.07) is 7.21. The predicted octanol–water partition coefficient (Wildman–Crippen LogP) is 0.784. The third kappa shape index (κ3) is 3.46. The number of rotatable bonds is 4. The first-order valence-corrected chi connectivity index (χ1v) is 8.18. The number of sulfonamides is 1. The molecule has 1 aromatic carbocycles. The van der Waals surface area contributed by atoms with E-state index < -0.39 is 10.0 Å². The zero-order valence-electron chi connectivity index (χ0n) is 11.2. The minimum Gasteiger partial charge on any atom is -0.369 e. The summed E-state index contributed by atoms with van der Waals surface area (Å²) in [7, 11) is -3.41. The highest BCUT2D eigenvalue weighted by Gasteiger charge is 2.21. The minimum absolute atomic E-state index is 0.374. The Balaban J connectivity index is 2.35. The van der Waals surface area contributed by atoms with Crippen molar-refractivity contribution in [3.05, 3.63) is 24.3 Å². The van der Waals surface area contributed by atoms with Crippen molar-refractivity contribution in [2.45, 2.75) is 18.2 Å². The van der Waals surface area contributed by atoms with Gasteiger partial charge in [-0.15, -0.1) is 0 Å². The van der Waals surface area contributed by atoms with Gasteiger partial charge in [-0.1, -0.05) is 19.1 Å². The maximum Gasteiger partial charge on any atom is 0.242 e. The van der Waals surface area contributed by atoms with Gasteiger partial charge in [0.15, 0.2) is 0 Å². The molecule has 0 atom stereocenters. The Labute approximate surface area is 115 Å². The van der Waals surface area contributed by atoms with Gasteiger partial charge in [0, 0.05) is 26.2 Å². The van der Waals surface area contributed by atoms with E-state index in [0.29, 0.717) is 11.4 Å². The second-order valence-corrected chi connectivity index (χ2v) is 6.30. The van der Waals surface area contributed by atoms with Crippen LogP contribution in [0.15, 0.2) is 29.2 Å². The van der Waals surface area contributed by atoms with Crippen LogP contribution in [0.1, 0.15) is 13.3 Å². The van der Waals surface area contributed by atoms with E-state index in [2.05, 4.69) is 14.9 Å². The summed E-state index contributed by atoms with van der Waals surface area (Å²) in [6.07, 6.45) is 1.02. The van der Waals surface area contributed by atoms with E-state index >= 15 is 0 Å². The molecule has 1 heterocycles. The van der Waals surface area contributed by atoms with Crippen LogP contribution >= 0.6 is 0 Å². The SMILES string of the molecule is CCNS(=O)(=O)c1ccccc1N1CCCNCC1. The Morgan fingerprint density at radius 1 is 1.26 bits per heavy atom. The average molecular weight is 283 g/mol. The molecule has 1 aromatic rings. The van der Waals surface area contributed by atoms with E-state index in [9.17, 15) is 8.42 Å². The van der Waals surface area contributed by atoms with Crippen LogP contribution < -0.4 is 14.9 Å². The molecule has 0 saturated carbocycles. The molecule has 19 heavy (non-hydrogen) atoms. The Hall–Kier alpha value is -1.11. The van der Waals surface area contributed by atoms with Crippen molar-refractivity contribution >= 4 is 15.7 Å².